The molecule has 4 N–H and O–H groups in total. The number of benzene rings is 3. The molecule has 0 bridgehead atoms. The van der Waals surface area contributed by atoms with Crippen LogP contribution >= 0.6 is 0 Å². The maximum atomic E-state index is 13.1. The molecule has 29 heavy (non-hydrogen) atoms. The second-order valence-corrected chi connectivity index (χ2v) is 7.16. The topological polar surface area (TPSA) is 125 Å². The summed E-state index contributed by atoms with van der Waals surface area (Å²) in [5.74, 6) is -0.588. The molecule has 0 unspecified atom stereocenters. The number of nitrogen functional groups attached to an aromatic ring is 1. The Labute approximate surface area is 185 Å². The van der Waals surface area contributed by atoms with E-state index in [-0.39, 0.29) is 51.7 Å². The van der Waals surface area contributed by atoms with Gasteiger partial charge in [0, 0.05) is 35.6 Å². The summed E-state index contributed by atoms with van der Waals surface area (Å²) in [5, 5.41) is 17.7. The molecule has 0 aliphatic carbocycles. The number of phenolic OH excluding ortho intramolecular Hbond substituents is 1. The zero-order chi connectivity index (χ0) is 20.7. The summed E-state index contributed by atoms with van der Waals surface area (Å²) in [7, 11) is -4.59. The van der Waals surface area contributed by atoms with Crippen LogP contribution in [0.15, 0.2) is 63.7 Å². The van der Waals surface area contributed by atoms with Gasteiger partial charge >= 0.3 is 6.18 Å². The van der Waals surface area contributed by atoms with Gasteiger partial charge in [-0.05, 0) is 29.7 Å². The number of halogens is 3. The van der Waals surface area contributed by atoms with E-state index in [0.717, 1.165) is 24.3 Å². The van der Waals surface area contributed by atoms with E-state index in [1.165, 1.54) is 24.3 Å². The smallest absolute Gasteiger partial charge is 0.418 e. The minimum absolute atomic E-state index is 0. The van der Waals surface area contributed by atoms with Crippen molar-refractivity contribution in [2.75, 3.05) is 5.73 Å². The zero-order valence-electron chi connectivity index (χ0n) is 14.8. The van der Waals surface area contributed by atoms with Gasteiger partial charge in [0.05, 0.1) is 27.2 Å². The van der Waals surface area contributed by atoms with Crippen LogP contribution in [0, 0.1) is 0 Å². The van der Waals surface area contributed by atoms with Crippen molar-refractivity contribution in [1.82, 2.24) is 0 Å². The molecule has 3 rings (SSSR count). The Hall–Kier alpha value is -2.18. The predicted octanol–water partition coefficient (Wildman–Crippen LogP) is 4.43. The van der Waals surface area contributed by atoms with Gasteiger partial charge in [-0.15, -0.1) is 10.2 Å². The van der Waals surface area contributed by atoms with Crippen LogP contribution < -0.4 is 5.73 Å². The Bertz CT molecular complexity index is 1210. The minimum atomic E-state index is -4.65. The molecule has 0 spiro atoms. The molecular weight excluding hydrogens is 422 g/mol. The SMILES string of the molecule is Nc1ccc2cc(S(=O)(=O)O)cc(O)c2c1N=Nc1ccccc1C(F)(F)F.[Na]. The first-order valence-corrected chi connectivity index (χ1v) is 9.03. The number of nitrogens with zero attached hydrogens (tertiary/aromatic N) is 2. The number of anilines is 1. The van der Waals surface area contributed by atoms with E-state index < -0.39 is 38.2 Å². The summed E-state index contributed by atoms with van der Waals surface area (Å²) >= 11 is 0. The fourth-order valence-electron chi connectivity index (χ4n) is 2.58. The number of hydrogen-bond donors (Lipinski definition) is 3. The standard InChI is InChI=1S/C17H12F3N3O4S.Na/c18-17(19,20)11-3-1-2-4-13(11)22-23-16-12(21)6-5-9-7-10(28(25,26)27)8-14(24)15(9)16;/h1-8,24H,21H2,(H,25,26,27);. The van der Waals surface area contributed by atoms with Crippen LogP contribution in [0.25, 0.3) is 10.8 Å². The Kier molecular flexibility index (Phi) is 6.60. The molecule has 0 saturated carbocycles. The average molecular weight is 434 g/mol. The Balaban J connectivity index is 0.00000300. The van der Waals surface area contributed by atoms with Crippen molar-refractivity contribution in [2.24, 2.45) is 10.2 Å². The fourth-order valence-corrected chi connectivity index (χ4v) is 3.11. The molecule has 0 aliphatic rings. The molecule has 3 aromatic carbocycles. The summed E-state index contributed by atoms with van der Waals surface area (Å²) in [4.78, 5) is -0.562. The van der Waals surface area contributed by atoms with Crippen molar-refractivity contribution in [1.29, 1.82) is 0 Å². The molecule has 0 aromatic heterocycles. The first kappa shape index (κ1) is 23.1. The van der Waals surface area contributed by atoms with Crippen LogP contribution in [0.4, 0.5) is 30.2 Å². The van der Waals surface area contributed by atoms with Crippen LogP contribution in [0.1, 0.15) is 5.56 Å². The Morgan fingerprint density at radius 2 is 1.66 bits per heavy atom. The molecule has 1 radical (unpaired) electrons. The molecule has 3 aromatic rings. The third-order valence-electron chi connectivity index (χ3n) is 3.84. The summed E-state index contributed by atoms with van der Waals surface area (Å²) < 4.78 is 71.0. The van der Waals surface area contributed by atoms with E-state index in [4.69, 9.17) is 10.3 Å². The monoisotopic (exact) mass is 434 g/mol. The number of nitrogens with two attached hydrogens (primary N) is 1. The van der Waals surface area contributed by atoms with Crippen LogP contribution in [-0.2, 0) is 16.3 Å². The van der Waals surface area contributed by atoms with Gasteiger partial charge in [-0.25, -0.2) is 0 Å². The van der Waals surface area contributed by atoms with Crippen molar-refractivity contribution in [3.8, 4) is 5.75 Å². The summed E-state index contributed by atoms with van der Waals surface area (Å²) in [6, 6.07) is 9.04. The fraction of sp³-hybridized carbons (Fsp3) is 0.0588. The van der Waals surface area contributed by atoms with Gasteiger partial charge in [0.1, 0.15) is 11.4 Å². The van der Waals surface area contributed by atoms with Crippen molar-refractivity contribution < 1.29 is 31.2 Å². The van der Waals surface area contributed by atoms with Gasteiger partial charge in [0.25, 0.3) is 10.1 Å². The van der Waals surface area contributed by atoms with Crippen molar-refractivity contribution in [3.63, 3.8) is 0 Å². The summed E-state index contributed by atoms with van der Waals surface area (Å²) in [6.07, 6.45) is -4.65. The molecule has 0 heterocycles. The largest absolute Gasteiger partial charge is 0.507 e. The summed E-state index contributed by atoms with van der Waals surface area (Å²) in [6.45, 7) is 0. The molecule has 0 amide bonds. The number of azo groups is 1. The van der Waals surface area contributed by atoms with Gasteiger partial charge in [-0.1, -0.05) is 18.2 Å². The van der Waals surface area contributed by atoms with Gasteiger partial charge in [-0.3, -0.25) is 4.55 Å². The first-order chi connectivity index (χ1) is 13.0. The second-order valence-electron chi connectivity index (χ2n) is 5.73. The van der Waals surface area contributed by atoms with E-state index in [9.17, 15) is 26.7 Å². The maximum Gasteiger partial charge on any atom is 0.418 e. The molecule has 147 valence electrons. The van der Waals surface area contributed by atoms with Gasteiger partial charge in [0.15, 0.2) is 0 Å². The quantitative estimate of drug-likeness (QED) is 0.243. The van der Waals surface area contributed by atoms with E-state index in [1.807, 2.05) is 0 Å². The third kappa shape index (κ3) is 4.87. The van der Waals surface area contributed by atoms with E-state index >= 15 is 0 Å². The van der Waals surface area contributed by atoms with E-state index in [0.29, 0.717) is 0 Å². The van der Waals surface area contributed by atoms with Crippen LogP contribution in [0.3, 0.4) is 0 Å². The second kappa shape index (κ2) is 8.28. The van der Waals surface area contributed by atoms with Crippen LogP contribution in [0.2, 0.25) is 0 Å². The molecule has 0 atom stereocenters. The number of alkyl halides is 3. The third-order valence-corrected chi connectivity index (χ3v) is 4.67. The van der Waals surface area contributed by atoms with Crippen LogP contribution in [-0.4, -0.2) is 47.6 Å². The minimum Gasteiger partial charge on any atom is -0.507 e. The molecule has 0 saturated heterocycles. The van der Waals surface area contributed by atoms with E-state index in [1.54, 1.807) is 0 Å². The molecule has 0 fully saturated rings. The number of phenols is 1. The predicted molar refractivity (Wildman–Crippen MR) is 101 cm³/mol. The average Bonchev–Trinajstić information content (AvgIpc) is 2.59. The van der Waals surface area contributed by atoms with Gasteiger partial charge in [-0.2, -0.15) is 21.6 Å². The maximum absolute atomic E-state index is 13.1. The number of rotatable bonds is 3. The normalized spacial score (nSPS) is 12.3. The van der Waals surface area contributed by atoms with Crippen LogP contribution in [0.5, 0.6) is 5.75 Å². The van der Waals surface area contributed by atoms with Crippen molar-refractivity contribution in [2.45, 2.75) is 11.1 Å². The molecule has 12 heteroatoms. The Morgan fingerprint density at radius 1 is 1.00 bits per heavy atom. The number of aromatic hydroxyl groups is 1. The van der Waals surface area contributed by atoms with Crippen molar-refractivity contribution in [3.05, 3.63) is 54.1 Å². The first-order valence-electron chi connectivity index (χ1n) is 7.59. The molecule has 7 nitrogen and oxygen atoms in total. The van der Waals surface area contributed by atoms with Crippen molar-refractivity contribution >= 4 is 67.5 Å². The molecular formula is C17H12F3N3NaO4S. The zero-order valence-corrected chi connectivity index (χ0v) is 17.7. The van der Waals surface area contributed by atoms with E-state index in [2.05, 4.69) is 10.2 Å². The molecule has 0 aliphatic heterocycles. The van der Waals surface area contributed by atoms with Gasteiger partial charge < -0.3 is 10.8 Å². The summed E-state index contributed by atoms with van der Waals surface area (Å²) in [5.41, 5.74) is 4.20. The number of fused-ring (bicyclic) bond motifs is 1. The Morgan fingerprint density at radius 3 is 2.28 bits per heavy atom. The number of hydrogen-bond acceptors (Lipinski definition) is 6. The van der Waals surface area contributed by atoms with Gasteiger partial charge in [0.2, 0.25) is 0 Å².